The zero-order valence-corrected chi connectivity index (χ0v) is 14.3. The smallest absolute Gasteiger partial charge is 0.104 e. The second kappa shape index (κ2) is 5.15. The molecule has 23 heavy (non-hydrogen) atoms. The molecule has 0 amide bonds. The number of fused-ring (bicyclic) bond motifs is 1. The molecule has 1 saturated carbocycles. The van der Waals surface area contributed by atoms with Crippen molar-refractivity contribution in [3.63, 3.8) is 0 Å². The van der Waals surface area contributed by atoms with Crippen LogP contribution in [-0.2, 0) is 0 Å². The molecule has 2 nitrogen and oxygen atoms in total. The molecule has 2 heterocycles. The van der Waals surface area contributed by atoms with E-state index in [0.717, 1.165) is 22.6 Å². The minimum absolute atomic E-state index is 0.219. The van der Waals surface area contributed by atoms with Crippen molar-refractivity contribution in [1.29, 1.82) is 0 Å². The van der Waals surface area contributed by atoms with Crippen LogP contribution >= 0.6 is 0 Å². The van der Waals surface area contributed by atoms with E-state index in [1.54, 1.807) is 0 Å². The average Bonchev–Trinajstić information content (AvgIpc) is 3.26. The summed E-state index contributed by atoms with van der Waals surface area (Å²) in [5.74, 6) is 0.519. The minimum Gasteiger partial charge on any atom is -0.340 e. The van der Waals surface area contributed by atoms with Gasteiger partial charge in [0, 0.05) is 15.5 Å². The normalized spacial score (nSPS) is 33.2. The third kappa shape index (κ3) is 2.00. The Labute approximate surface area is 144 Å². The summed E-state index contributed by atoms with van der Waals surface area (Å²) in [5.41, 5.74) is 4.00. The molecule has 0 saturated heterocycles. The van der Waals surface area contributed by atoms with E-state index >= 15 is 0 Å². The van der Waals surface area contributed by atoms with Crippen LogP contribution in [0.2, 0.25) is 0 Å². The Kier molecular flexibility index (Phi) is 2.64. The predicted octanol–water partition coefficient (Wildman–Crippen LogP) is 5.21. The molecule has 1 aromatic carbocycles. The Morgan fingerprint density at radius 2 is 1.91 bits per heavy atom. The van der Waals surface area contributed by atoms with Gasteiger partial charge < -0.3 is 9.80 Å². The highest BCUT2D eigenvalue weighted by atomic mass is 15.4. The maximum absolute atomic E-state index is 8.36. The number of aryl methyl sites for hydroxylation is 1. The second-order valence-corrected chi connectivity index (χ2v) is 7.41. The van der Waals surface area contributed by atoms with Crippen LogP contribution in [0.3, 0.4) is 0 Å². The van der Waals surface area contributed by atoms with E-state index in [9.17, 15) is 0 Å². The van der Waals surface area contributed by atoms with Crippen molar-refractivity contribution in [2.75, 3.05) is 4.90 Å². The third-order valence-corrected chi connectivity index (χ3v) is 6.14. The standard InChI is InChI=1S/C21H28N2/c1-15-9-5-8-12-19(15)22-16(2)20-13-14-21(4,23(20)17(22)3)18-10-6-7-11-18/h5,8-9,12-14,17-18H,6-7,10-11H2,1-4H3/i3D3. The summed E-state index contributed by atoms with van der Waals surface area (Å²) in [5, 5.41) is 0. The number of nitrogens with zero attached hydrogens (tertiary/aromatic N) is 2. The molecule has 2 aliphatic heterocycles. The molecule has 0 radical (unpaired) electrons. The molecule has 0 bridgehead atoms. The number of allylic oxidation sites excluding steroid dienone is 2. The van der Waals surface area contributed by atoms with Crippen molar-refractivity contribution in [2.45, 2.75) is 65.0 Å². The van der Waals surface area contributed by atoms with Crippen LogP contribution in [-0.4, -0.2) is 16.6 Å². The van der Waals surface area contributed by atoms with Crippen molar-refractivity contribution >= 4 is 5.69 Å². The van der Waals surface area contributed by atoms with Gasteiger partial charge in [-0.05, 0) is 64.1 Å². The largest absolute Gasteiger partial charge is 0.340 e. The average molecular weight is 311 g/mol. The Balaban J connectivity index is 1.85. The summed E-state index contributed by atoms with van der Waals surface area (Å²) in [7, 11) is 0. The maximum Gasteiger partial charge on any atom is 0.104 e. The summed E-state index contributed by atoms with van der Waals surface area (Å²) in [4.78, 5) is 4.26. The van der Waals surface area contributed by atoms with Gasteiger partial charge in [-0.2, -0.15) is 0 Å². The highest BCUT2D eigenvalue weighted by Gasteiger charge is 2.49. The molecule has 2 heteroatoms. The number of hydrogen-bond acceptors (Lipinski definition) is 2. The van der Waals surface area contributed by atoms with Gasteiger partial charge in [-0.3, -0.25) is 0 Å². The molecule has 2 unspecified atom stereocenters. The van der Waals surface area contributed by atoms with Crippen molar-refractivity contribution < 1.29 is 4.11 Å². The van der Waals surface area contributed by atoms with E-state index in [4.69, 9.17) is 4.11 Å². The summed E-state index contributed by atoms with van der Waals surface area (Å²) in [6.45, 7) is 4.25. The lowest BCUT2D eigenvalue weighted by Gasteiger charge is -2.44. The van der Waals surface area contributed by atoms with Crippen LogP contribution in [0.15, 0.2) is 47.8 Å². The highest BCUT2D eigenvalue weighted by Crippen LogP contribution is 2.50. The van der Waals surface area contributed by atoms with Gasteiger partial charge in [0.15, 0.2) is 0 Å². The zero-order chi connectivity index (χ0) is 18.7. The maximum atomic E-state index is 8.36. The summed E-state index contributed by atoms with van der Waals surface area (Å²) < 4.78 is 25.1. The predicted molar refractivity (Wildman–Crippen MR) is 97.2 cm³/mol. The van der Waals surface area contributed by atoms with E-state index in [1.807, 2.05) is 23.1 Å². The van der Waals surface area contributed by atoms with Gasteiger partial charge >= 0.3 is 0 Å². The van der Waals surface area contributed by atoms with E-state index in [1.165, 1.54) is 25.7 Å². The van der Waals surface area contributed by atoms with Gasteiger partial charge in [0.05, 0.1) is 11.2 Å². The minimum atomic E-state index is -2.10. The van der Waals surface area contributed by atoms with Crippen LogP contribution in [0.25, 0.3) is 0 Å². The van der Waals surface area contributed by atoms with Crippen LogP contribution in [0.1, 0.15) is 56.1 Å². The second-order valence-electron chi connectivity index (χ2n) is 7.41. The lowest BCUT2D eigenvalue weighted by Crippen LogP contribution is -2.51. The van der Waals surface area contributed by atoms with E-state index in [2.05, 4.69) is 43.9 Å². The number of anilines is 1. The topological polar surface area (TPSA) is 6.48 Å². The van der Waals surface area contributed by atoms with Crippen LogP contribution in [0.4, 0.5) is 5.69 Å². The van der Waals surface area contributed by atoms with Gasteiger partial charge in [-0.1, -0.05) is 37.1 Å². The van der Waals surface area contributed by atoms with Crippen molar-refractivity contribution in [3.05, 3.63) is 53.4 Å². The lowest BCUT2D eigenvalue weighted by atomic mass is 9.83. The SMILES string of the molecule is [2H]C([2H])([2H])C1N(c2ccccc2C)C(C)=C2C=CC(C)(C3CCCC3)N21. The molecule has 0 aromatic heterocycles. The third-order valence-electron chi connectivity index (χ3n) is 6.14. The van der Waals surface area contributed by atoms with E-state index in [0.29, 0.717) is 5.92 Å². The number of benzene rings is 1. The highest BCUT2D eigenvalue weighted by molar-refractivity contribution is 5.62. The number of rotatable bonds is 2. The molecular formula is C21H28N2. The molecule has 4 rings (SSSR count). The first-order chi connectivity index (χ1) is 12.2. The van der Waals surface area contributed by atoms with Crippen molar-refractivity contribution in [3.8, 4) is 0 Å². The Morgan fingerprint density at radius 3 is 2.61 bits per heavy atom. The summed E-state index contributed by atoms with van der Waals surface area (Å²) >= 11 is 0. The molecule has 2 atom stereocenters. The molecule has 0 spiro atoms. The first-order valence-corrected chi connectivity index (χ1v) is 8.79. The lowest BCUT2D eigenvalue weighted by molar-refractivity contribution is 0.119. The monoisotopic (exact) mass is 311 g/mol. The molecule has 1 aliphatic carbocycles. The van der Waals surface area contributed by atoms with Crippen molar-refractivity contribution in [2.24, 2.45) is 5.92 Å². The van der Waals surface area contributed by atoms with Crippen LogP contribution in [0.5, 0.6) is 0 Å². The quantitative estimate of drug-likeness (QED) is 0.739. The molecule has 122 valence electrons. The summed E-state index contributed by atoms with van der Waals surface area (Å²) in [6, 6.07) is 8.09. The fraction of sp³-hybridized carbons (Fsp3) is 0.524. The molecule has 1 fully saturated rings. The first kappa shape index (κ1) is 11.8. The Hall–Kier alpha value is -1.70. The molecular weight excluding hydrogens is 280 g/mol. The van der Waals surface area contributed by atoms with E-state index in [-0.39, 0.29) is 5.54 Å². The molecule has 3 aliphatic rings. The van der Waals surface area contributed by atoms with Crippen molar-refractivity contribution in [1.82, 2.24) is 4.90 Å². The molecule has 0 N–H and O–H groups in total. The Bertz CT molecular complexity index is 774. The van der Waals surface area contributed by atoms with Gasteiger partial charge in [-0.15, -0.1) is 0 Å². The fourth-order valence-corrected chi connectivity index (χ4v) is 4.77. The van der Waals surface area contributed by atoms with Crippen LogP contribution < -0.4 is 4.90 Å². The Morgan fingerprint density at radius 1 is 1.17 bits per heavy atom. The summed E-state index contributed by atoms with van der Waals surface area (Å²) in [6.07, 6.45) is 8.63. The van der Waals surface area contributed by atoms with Gasteiger partial charge in [0.25, 0.3) is 0 Å². The number of hydrogen-bond donors (Lipinski definition) is 0. The van der Waals surface area contributed by atoms with Gasteiger partial charge in [-0.25, -0.2) is 0 Å². The molecule has 1 aromatic rings. The van der Waals surface area contributed by atoms with E-state index < -0.39 is 13.0 Å². The first-order valence-electron chi connectivity index (χ1n) is 10.3. The van der Waals surface area contributed by atoms with Crippen LogP contribution in [0, 0.1) is 12.8 Å². The zero-order valence-electron chi connectivity index (χ0n) is 17.3. The fourth-order valence-electron chi connectivity index (χ4n) is 4.77. The number of para-hydroxylation sites is 1. The van der Waals surface area contributed by atoms with Gasteiger partial charge in [0.2, 0.25) is 0 Å². The van der Waals surface area contributed by atoms with Gasteiger partial charge in [0.1, 0.15) is 6.17 Å².